The topological polar surface area (TPSA) is 87.9 Å². The third-order valence-electron chi connectivity index (χ3n) is 3.80. The first kappa shape index (κ1) is 12.8. The zero-order valence-electron chi connectivity index (χ0n) is 11.4. The lowest BCUT2D eigenvalue weighted by molar-refractivity contribution is -0.131. The van der Waals surface area contributed by atoms with E-state index >= 15 is 0 Å². The molecule has 2 aromatic rings. The number of hydrogen-bond donors (Lipinski definition) is 1. The van der Waals surface area contributed by atoms with Crippen molar-refractivity contribution < 1.29 is 9.42 Å². The van der Waals surface area contributed by atoms with E-state index in [1.165, 1.54) is 0 Å². The third kappa shape index (κ3) is 2.56. The number of likely N-dealkylation sites (tertiary alicyclic amines) is 1. The summed E-state index contributed by atoms with van der Waals surface area (Å²) in [5, 5.41) is 14.4. The van der Waals surface area contributed by atoms with Crippen molar-refractivity contribution in [1.29, 1.82) is 0 Å². The first-order chi connectivity index (χ1) is 9.74. The number of carbonyl (C=O) groups is 1. The maximum Gasteiger partial charge on any atom is 0.228 e. The molecular weight excluding hydrogens is 258 g/mol. The Morgan fingerprint density at radius 3 is 3.15 bits per heavy atom. The Morgan fingerprint density at radius 1 is 1.55 bits per heavy atom. The summed E-state index contributed by atoms with van der Waals surface area (Å²) in [4.78, 5) is 14.2. The Bertz CT molecular complexity index is 577. The van der Waals surface area contributed by atoms with Gasteiger partial charge in [0, 0.05) is 30.9 Å². The second kappa shape index (κ2) is 5.44. The Labute approximate surface area is 116 Å². The van der Waals surface area contributed by atoms with Crippen molar-refractivity contribution in [2.75, 3.05) is 13.1 Å². The molecule has 1 N–H and O–H groups in total. The summed E-state index contributed by atoms with van der Waals surface area (Å²) in [5.41, 5.74) is 2.40. The molecule has 1 unspecified atom stereocenters. The van der Waals surface area contributed by atoms with E-state index in [9.17, 15) is 4.79 Å². The van der Waals surface area contributed by atoms with Gasteiger partial charge < -0.3 is 4.90 Å². The highest BCUT2D eigenvalue weighted by atomic mass is 16.6. The van der Waals surface area contributed by atoms with Gasteiger partial charge in [0.25, 0.3) is 0 Å². The van der Waals surface area contributed by atoms with Gasteiger partial charge in [-0.15, -0.1) is 0 Å². The first-order valence-corrected chi connectivity index (χ1v) is 6.79. The average molecular weight is 275 g/mol. The Hall–Kier alpha value is -2.18. The maximum atomic E-state index is 12.3. The van der Waals surface area contributed by atoms with Crippen LogP contribution in [0.15, 0.2) is 16.9 Å². The minimum Gasteiger partial charge on any atom is -0.342 e. The van der Waals surface area contributed by atoms with Gasteiger partial charge in [-0.3, -0.25) is 9.89 Å². The number of H-pyrrole nitrogens is 1. The second-order valence-corrected chi connectivity index (χ2v) is 5.16. The molecule has 1 aliphatic rings. The Balaban J connectivity index is 1.65. The summed E-state index contributed by atoms with van der Waals surface area (Å²) in [7, 11) is 0. The predicted molar refractivity (Wildman–Crippen MR) is 69.9 cm³/mol. The van der Waals surface area contributed by atoms with Crippen LogP contribution in [0.25, 0.3) is 0 Å². The zero-order chi connectivity index (χ0) is 13.9. The highest BCUT2D eigenvalue weighted by Crippen LogP contribution is 2.25. The molecule has 0 bridgehead atoms. The van der Waals surface area contributed by atoms with E-state index in [0.717, 1.165) is 31.6 Å². The molecule has 1 saturated heterocycles. The fourth-order valence-electron chi connectivity index (χ4n) is 2.62. The largest absolute Gasteiger partial charge is 0.342 e. The Kier molecular flexibility index (Phi) is 3.49. The number of aromatic nitrogens is 4. The van der Waals surface area contributed by atoms with Crippen LogP contribution in [0, 0.1) is 6.92 Å². The Morgan fingerprint density at radius 2 is 2.45 bits per heavy atom. The van der Waals surface area contributed by atoms with E-state index in [0.29, 0.717) is 17.3 Å². The molecule has 1 aliphatic heterocycles. The van der Waals surface area contributed by atoms with Crippen molar-refractivity contribution in [2.45, 2.75) is 32.1 Å². The molecule has 0 saturated carbocycles. The van der Waals surface area contributed by atoms with Gasteiger partial charge in [-0.25, -0.2) is 4.63 Å². The lowest BCUT2D eigenvalue weighted by Gasteiger charge is -2.32. The number of hydrogen-bond acceptors (Lipinski definition) is 5. The van der Waals surface area contributed by atoms with Gasteiger partial charge >= 0.3 is 0 Å². The summed E-state index contributed by atoms with van der Waals surface area (Å²) < 4.78 is 4.63. The van der Waals surface area contributed by atoms with Crippen LogP contribution in [-0.4, -0.2) is 44.4 Å². The number of nitrogens with zero attached hydrogens (tertiary/aromatic N) is 4. The molecule has 0 radical (unpaired) electrons. The first-order valence-electron chi connectivity index (χ1n) is 6.79. The molecule has 1 amide bonds. The normalized spacial score (nSPS) is 19.2. The monoisotopic (exact) mass is 275 g/mol. The van der Waals surface area contributed by atoms with Crippen molar-refractivity contribution in [3.05, 3.63) is 29.3 Å². The van der Waals surface area contributed by atoms with E-state index in [4.69, 9.17) is 0 Å². The van der Waals surface area contributed by atoms with E-state index in [-0.39, 0.29) is 12.3 Å². The predicted octanol–water partition coefficient (Wildman–Crippen LogP) is 1.05. The van der Waals surface area contributed by atoms with Crippen LogP contribution >= 0.6 is 0 Å². The van der Waals surface area contributed by atoms with Crippen molar-refractivity contribution >= 4 is 5.91 Å². The smallest absolute Gasteiger partial charge is 0.228 e. The summed E-state index contributed by atoms with van der Waals surface area (Å²) in [6.45, 7) is 3.32. The summed E-state index contributed by atoms with van der Waals surface area (Å²) in [6.07, 6.45) is 4.09. The highest BCUT2D eigenvalue weighted by molar-refractivity contribution is 5.78. The van der Waals surface area contributed by atoms with Gasteiger partial charge in [-0.2, -0.15) is 5.10 Å². The molecule has 3 heterocycles. The molecule has 1 atom stereocenters. The number of carbonyl (C=O) groups excluding carboxylic acids is 1. The third-order valence-corrected chi connectivity index (χ3v) is 3.80. The fourth-order valence-corrected chi connectivity index (χ4v) is 2.62. The molecular formula is C13H17N5O2. The molecule has 20 heavy (non-hydrogen) atoms. The number of piperidine rings is 1. The molecule has 0 aromatic carbocycles. The summed E-state index contributed by atoms with van der Waals surface area (Å²) >= 11 is 0. The van der Waals surface area contributed by atoms with Gasteiger partial charge in [0.1, 0.15) is 11.4 Å². The average Bonchev–Trinajstić information content (AvgIpc) is 3.12. The zero-order valence-corrected chi connectivity index (χ0v) is 11.4. The van der Waals surface area contributed by atoms with Crippen molar-refractivity contribution in [3.63, 3.8) is 0 Å². The summed E-state index contributed by atoms with van der Waals surface area (Å²) in [5.74, 6) is 0.416. The van der Waals surface area contributed by atoms with Gasteiger partial charge in [0.2, 0.25) is 5.91 Å². The van der Waals surface area contributed by atoms with Gasteiger partial charge in [0.05, 0.1) is 6.42 Å². The molecule has 106 valence electrons. The van der Waals surface area contributed by atoms with Crippen LogP contribution in [-0.2, 0) is 11.2 Å². The van der Waals surface area contributed by atoms with Crippen LogP contribution in [0.5, 0.6) is 0 Å². The van der Waals surface area contributed by atoms with Gasteiger partial charge in [0.15, 0.2) is 0 Å². The lowest BCUT2D eigenvalue weighted by atomic mass is 9.94. The van der Waals surface area contributed by atoms with Gasteiger partial charge in [-0.05, 0) is 25.8 Å². The van der Waals surface area contributed by atoms with Gasteiger partial charge in [-0.1, -0.05) is 10.3 Å². The van der Waals surface area contributed by atoms with E-state index in [1.54, 1.807) is 13.1 Å². The molecule has 1 fully saturated rings. The minimum atomic E-state index is 0.0769. The number of aromatic amines is 1. The van der Waals surface area contributed by atoms with Crippen molar-refractivity contribution in [3.8, 4) is 0 Å². The molecule has 7 nitrogen and oxygen atoms in total. The van der Waals surface area contributed by atoms with E-state index < -0.39 is 0 Å². The number of rotatable bonds is 3. The molecule has 0 spiro atoms. The molecule has 0 aliphatic carbocycles. The van der Waals surface area contributed by atoms with Crippen LogP contribution in [0.2, 0.25) is 0 Å². The minimum absolute atomic E-state index is 0.0769. The number of nitrogens with one attached hydrogen (secondary N) is 1. The van der Waals surface area contributed by atoms with Crippen LogP contribution < -0.4 is 0 Å². The van der Waals surface area contributed by atoms with Crippen LogP contribution in [0.3, 0.4) is 0 Å². The van der Waals surface area contributed by atoms with Crippen LogP contribution in [0.1, 0.15) is 35.8 Å². The summed E-state index contributed by atoms with van der Waals surface area (Å²) in [6, 6.07) is 1.98. The SMILES string of the molecule is Cc1nonc1CC(=O)N1CCCC(c2ccn[nH]2)C1. The maximum absolute atomic E-state index is 12.3. The van der Waals surface area contributed by atoms with Crippen molar-refractivity contribution in [1.82, 2.24) is 25.4 Å². The van der Waals surface area contributed by atoms with E-state index in [2.05, 4.69) is 25.1 Å². The molecule has 7 heteroatoms. The molecule has 3 rings (SSSR count). The van der Waals surface area contributed by atoms with Crippen LogP contribution in [0.4, 0.5) is 0 Å². The number of aryl methyl sites for hydroxylation is 1. The number of amides is 1. The van der Waals surface area contributed by atoms with E-state index in [1.807, 2.05) is 11.0 Å². The standard InChI is InChI=1S/C13H17N5O2/c1-9-12(17-20-16-9)7-13(19)18-6-2-3-10(8-18)11-4-5-14-15-11/h4-5,10H,2-3,6-8H2,1H3,(H,14,15). The lowest BCUT2D eigenvalue weighted by Crippen LogP contribution is -2.40. The fraction of sp³-hybridized carbons (Fsp3) is 0.538. The highest BCUT2D eigenvalue weighted by Gasteiger charge is 2.26. The quantitative estimate of drug-likeness (QED) is 0.904. The molecule has 2 aromatic heterocycles. The van der Waals surface area contributed by atoms with Crippen molar-refractivity contribution in [2.24, 2.45) is 0 Å². The second-order valence-electron chi connectivity index (χ2n) is 5.16.